The van der Waals surface area contributed by atoms with Gasteiger partial charge in [-0.3, -0.25) is 0 Å². The van der Waals surface area contributed by atoms with Crippen molar-refractivity contribution in [2.45, 2.75) is 72.6 Å². The van der Waals surface area contributed by atoms with Gasteiger partial charge in [0.15, 0.2) is 0 Å². The lowest BCUT2D eigenvalue weighted by atomic mass is 9.48. The molecule has 4 aliphatic rings. The molecule has 29 heavy (non-hydrogen) atoms. The van der Waals surface area contributed by atoms with Crippen LogP contribution in [0, 0.1) is 46.3 Å². The summed E-state index contributed by atoms with van der Waals surface area (Å²) in [7, 11) is 0. The maximum atomic E-state index is 10.5. The lowest BCUT2D eigenvalue weighted by molar-refractivity contribution is -0.0427. The molecule has 0 radical (unpaired) electrons. The number of aliphatic hydroxyl groups excluding tert-OH is 1. The first-order valence-corrected chi connectivity index (χ1v) is 12.2. The van der Waals surface area contributed by atoms with Gasteiger partial charge in [0.2, 0.25) is 0 Å². The fourth-order valence-electron chi connectivity index (χ4n) is 7.79. The molecule has 1 heteroatoms. The summed E-state index contributed by atoms with van der Waals surface area (Å²) in [5.41, 5.74) is 3.24. The van der Waals surface area contributed by atoms with Gasteiger partial charge in [0, 0.05) is 5.41 Å². The second kappa shape index (κ2) is 7.88. The molecule has 0 aromatic carbocycles. The molecule has 160 valence electrons. The van der Waals surface area contributed by atoms with Crippen LogP contribution in [-0.4, -0.2) is 11.7 Å². The largest absolute Gasteiger partial charge is 0.395 e. The Kier molecular flexibility index (Phi) is 5.75. The highest BCUT2D eigenvalue weighted by molar-refractivity contribution is 5.40. The van der Waals surface area contributed by atoms with E-state index in [0.717, 1.165) is 24.2 Å². The predicted octanol–water partition coefficient (Wildman–Crippen LogP) is 7.11. The van der Waals surface area contributed by atoms with E-state index in [1.807, 2.05) is 0 Å². The predicted molar refractivity (Wildman–Crippen MR) is 123 cm³/mol. The SMILES string of the molecule is C=C(CCC(C)C1CCC2C3C=CC4=CC=CCC4(CO)C3CCC12C)C(C)C. The van der Waals surface area contributed by atoms with Gasteiger partial charge in [0.05, 0.1) is 6.61 Å². The number of aliphatic hydroxyl groups is 1. The first-order chi connectivity index (χ1) is 13.8. The standard InChI is InChI=1S/C28H42O/c1-19(2)20(3)9-10-21(4)24-13-14-25-23-12-11-22-8-6-7-16-28(22,18-29)26(23)15-17-27(24,25)5/h6-8,11-12,19,21,23-26,29H,3,9-10,13-18H2,1-2,4-5H3. The van der Waals surface area contributed by atoms with Crippen molar-refractivity contribution in [3.63, 3.8) is 0 Å². The second-order valence-corrected chi connectivity index (χ2v) is 11.3. The molecule has 4 aliphatic carbocycles. The fourth-order valence-corrected chi connectivity index (χ4v) is 7.79. The Hall–Kier alpha value is -1.08. The number of rotatable bonds is 6. The van der Waals surface area contributed by atoms with Crippen LogP contribution in [0.1, 0.15) is 72.6 Å². The zero-order valence-corrected chi connectivity index (χ0v) is 19.2. The summed E-state index contributed by atoms with van der Waals surface area (Å²) in [6.45, 7) is 14.3. The summed E-state index contributed by atoms with van der Waals surface area (Å²) in [4.78, 5) is 0. The van der Waals surface area contributed by atoms with Crippen LogP contribution < -0.4 is 0 Å². The Morgan fingerprint density at radius 3 is 2.72 bits per heavy atom. The minimum Gasteiger partial charge on any atom is -0.395 e. The molecule has 7 atom stereocenters. The molecule has 1 N–H and O–H groups in total. The topological polar surface area (TPSA) is 20.2 Å². The number of allylic oxidation sites excluding steroid dienone is 6. The second-order valence-electron chi connectivity index (χ2n) is 11.3. The van der Waals surface area contributed by atoms with Crippen molar-refractivity contribution >= 4 is 0 Å². The van der Waals surface area contributed by atoms with Gasteiger partial charge in [-0.2, -0.15) is 0 Å². The maximum absolute atomic E-state index is 10.5. The van der Waals surface area contributed by atoms with Crippen LogP contribution in [0.4, 0.5) is 0 Å². The Morgan fingerprint density at radius 1 is 1.21 bits per heavy atom. The van der Waals surface area contributed by atoms with Crippen LogP contribution in [0.15, 0.2) is 48.1 Å². The van der Waals surface area contributed by atoms with Gasteiger partial charge in [0.25, 0.3) is 0 Å². The Labute approximate surface area is 179 Å². The van der Waals surface area contributed by atoms with Gasteiger partial charge in [-0.15, -0.1) is 0 Å². The van der Waals surface area contributed by atoms with Crippen LogP contribution >= 0.6 is 0 Å². The van der Waals surface area contributed by atoms with E-state index in [-0.39, 0.29) is 5.41 Å². The molecule has 0 aromatic heterocycles. The molecule has 0 aromatic rings. The average molecular weight is 395 g/mol. The Bertz CT molecular complexity index is 725. The van der Waals surface area contributed by atoms with E-state index in [4.69, 9.17) is 0 Å². The highest BCUT2D eigenvalue weighted by atomic mass is 16.3. The molecule has 0 saturated heterocycles. The number of fused-ring (bicyclic) bond motifs is 5. The van der Waals surface area contributed by atoms with E-state index < -0.39 is 0 Å². The van der Waals surface area contributed by atoms with Crippen LogP contribution in [0.25, 0.3) is 0 Å². The number of hydrogen-bond donors (Lipinski definition) is 1. The van der Waals surface area contributed by atoms with E-state index in [1.54, 1.807) is 0 Å². The molecule has 0 heterocycles. The van der Waals surface area contributed by atoms with Gasteiger partial charge in [0.1, 0.15) is 0 Å². The molecule has 2 saturated carbocycles. The van der Waals surface area contributed by atoms with Crippen molar-refractivity contribution in [2.24, 2.45) is 46.3 Å². The van der Waals surface area contributed by atoms with Gasteiger partial charge < -0.3 is 5.11 Å². The van der Waals surface area contributed by atoms with Gasteiger partial charge >= 0.3 is 0 Å². The van der Waals surface area contributed by atoms with E-state index in [2.05, 4.69) is 64.7 Å². The molecule has 0 spiro atoms. The molecule has 1 nitrogen and oxygen atoms in total. The highest BCUT2D eigenvalue weighted by Crippen LogP contribution is 2.66. The summed E-state index contributed by atoms with van der Waals surface area (Å²) in [6, 6.07) is 0. The molecule has 7 unspecified atom stereocenters. The maximum Gasteiger partial charge on any atom is 0.0533 e. The minimum atomic E-state index is -0.0196. The van der Waals surface area contributed by atoms with Crippen LogP contribution in [-0.2, 0) is 0 Å². The van der Waals surface area contributed by atoms with Crippen LogP contribution in [0.2, 0.25) is 0 Å². The first-order valence-electron chi connectivity index (χ1n) is 12.2. The summed E-state index contributed by atoms with van der Waals surface area (Å²) >= 11 is 0. The molecule has 2 fully saturated rings. The molecule has 4 rings (SSSR count). The lowest BCUT2D eigenvalue weighted by Crippen LogP contribution is -2.51. The Balaban J connectivity index is 1.53. The van der Waals surface area contributed by atoms with E-state index in [1.165, 1.54) is 49.7 Å². The van der Waals surface area contributed by atoms with Crippen molar-refractivity contribution in [3.05, 3.63) is 48.1 Å². The normalized spacial score (nSPS) is 41.5. The third-order valence-corrected chi connectivity index (χ3v) is 9.79. The molecule has 0 amide bonds. The van der Waals surface area contributed by atoms with Gasteiger partial charge in [-0.25, -0.2) is 0 Å². The van der Waals surface area contributed by atoms with Crippen molar-refractivity contribution in [2.75, 3.05) is 6.61 Å². The monoisotopic (exact) mass is 394 g/mol. The smallest absolute Gasteiger partial charge is 0.0533 e. The zero-order valence-electron chi connectivity index (χ0n) is 19.2. The fraction of sp³-hybridized carbons (Fsp3) is 0.714. The molecular weight excluding hydrogens is 352 g/mol. The van der Waals surface area contributed by atoms with E-state index >= 15 is 0 Å². The number of hydrogen-bond acceptors (Lipinski definition) is 1. The summed E-state index contributed by atoms with van der Waals surface area (Å²) in [6.07, 6.45) is 20.5. The molecule has 0 bridgehead atoms. The van der Waals surface area contributed by atoms with Crippen LogP contribution in [0.5, 0.6) is 0 Å². The van der Waals surface area contributed by atoms with Gasteiger partial charge in [-0.05, 0) is 91.4 Å². The first kappa shape index (κ1) is 21.2. The zero-order chi connectivity index (χ0) is 20.8. The summed E-state index contributed by atoms with van der Waals surface area (Å²) < 4.78 is 0. The van der Waals surface area contributed by atoms with E-state index in [9.17, 15) is 5.11 Å². The van der Waals surface area contributed by atoms with Crippen molar-refractivity contribution in [1.29, 1.82) is 0 Å². The van der Waals surface area contributed by atoms with Crippen molar-refractivity contribution in [1.82, 2.24) is 0 Å². The van der Waals surface area contributed by atoms with Crippen molar-refractivity contribution < 1.29 is 5.11 Å². The molecular formula is C28H42O. The third kappa shape index (κ3) is 3.32. The quantitative estimate of drug-likeness (QED) is 0.476. The highest BCUT2D eigenvalue weighted by Gasteiger charge is 2.59. The average Bonchev–Trinajstić information content (AvgIpc) is 3.08. The summed E-state index contributed by atoms with van der Waals surface area (Å²) in [5.74, 6) is 4.28. The minimum absolute atomic E-state index is 0.0196. The summed E-state index contributed by atoms with van der Waals surface area (Å²) in [5, 5.41) is 10.5. The van der Waals surface area contributed by atoms with Gasteiger partial charge in [-0.1, -0.05) is 70.2 Å². The lowest BCUT2D eigenvalue weighted by Gasteiger charge is -2.56. The van der Waals surface area contributed by atoms with Crippen LogP contribution in [0.3, 0.4) is 0 Å². The van der Waals surface area contributed by atoms with Crippen molar-refractivity contribution in [3.8, 4) is 0 Å². The third-order valence-electron chi connectivity index (χ3n) is 9.79. The molecule has 0 aliphatic heterocycles. The van der Waals surface area contributed by atoms with E-state index in [0.29, 0.717) is 29.8 Å². The Morgan fingerprint density at radius 2 is 2.00 bits per heavy atom.